The number of benzene rings is 1. The molecular weight excluding hydrogens is 250 g/mol. The summed E-state index contributed by atoms with van der Waals surface area (Å²) < 4.78 is 21.9. The van der Waals surface area contributed by atoms with Gasteiger partial charge in [0.25, 0.3) is 0 Å². The van der Waals surface area contributed by atoms with Crippen molar-refractivity contribution in [3.05, 3.63) is 23.8 Å². The molecule has 1 N–H and O–H groups in total. The monoisotopic (exact) mass is 269 g/mol. The van der Waals surface area contributed by atoms with Crippen molar-refractivity contribution in [1.82, 2.24) is 5.32 Å². The molecule has 0 radical (unpaired) electrons. The van der Waals surface area contributed by atoms with Crippen molar-refractivity contribution in [3.8, 4) is 11.5 Å². The lowest BCUT2D eigenvalue weighted by Crippen LogP contribution is -2.24. The van der Waals surface area contributed by atoms with Gasteiger partial charge in [-0.05, 0) is 24.6 Å². The van der Waals surface area contributed by atoms with Crippen molar-refractivity contribution in [2.45, 2.75) is 19.9 Å². The Hall–Kier alpha value is -1.07. The second-order valence-corrected chi connectivity index (χ2v) is 6.09. The summed E-state index contributed by atoms with van der Waals surface area (Å²) in [6.07, 6.45) is 0. The first kappa shape index (κ1) is 13.4. The van der Waals surface area contributed by atoms with Crippen LogP contribution in [-0.2, 0) is 10.8 Å². The molecule has 0 bridgehead atoms. The van der Waals surface area contributed by atoms with Gasteiger partial charge in [-0.25, -0.2) is 0 Å². The molecule has 0 spiro atoms. The van der Waals surface area contributed by atoms with Crippen LogP contribution in [0.2, 0.25) is 0 Å². The van der Waals surface area contributed by atoms with E-state index in [1.165, 1.54) is 0 Å². The minimum absolute atomic E-state index is 0.216. The molecule has 0 aliphatic carbocycles. The molecule has 0 saturated heterocycles. The molecule has 2 rings (SSSR count). The summed E-state index contributed by atoms with van der Waals surface area (Å²) in [5.41, 5.74) is 1.15. The molecule has 1 aliphatic rings. The summed E-state index contributed by atoms with van der Waals surface area (Å²) in [5.74, 6) is 3.03. The maximum absolute atomic E-state index is 11.3. The third kappa shape index (κ3) is 3.23. The number of hydrogen-bond donors (Lipinski definition) is 1. The Kier molecular flexibility index (Phi) is 4.60. The topological polar surface area (TPSA) is 47.6 Å². The van der Waals surface area contributed by atoms with Crippen molar-refractivity contribution >= 4 is 10.8 Å². The molecule has 0 aromatic heterocycles. The van der Waals surface area contributed by atoms with Gasteiger partial charge < -0.3 is 14.8 Å². The van der Waals surface area contributed by atoms with Crippen molar-refractivity contribution in [1.29, 1.82) is 0 Å². The number of hydrogen-bond acceptors (Lipinski definition) is 4. The van der Waals surface area contributed by atoms with Gasteiger partial charge in [0.15, 0.2) is 11.5 Å². The highest BCUT2D eigenvalue weighted by atomic mass is 32.2. The molecule has 0 fully saturated rings. The smallest absolute Gasteiger partial charge is 0.231 e. The van der Waals surface area contributed by atoms with Gasteiger partial charge in [0, 0.05) is 34.9 Å². The van der Waals surface area contributed by atoms with Gasteiger partial charge in [-0.2, -0.15) is 0 Å². The summed E-state index contributed by atoms with van der Waals surface area (Å²) in [7, 11) is -0.707. The number of ether oxygens (including phenoxy) is 2. The maximum atomic E-state index is 11.3. The minimum atomic E-state index is -0.707. The first-order valence-corrected chi connectivity index (χ1v) is 7.67. The minimum Gasteiger partial charge on any atom is -0.454 e. The van der Waals surface area contributed by atoms with Crippen LogP contribution in [0.5, 0.6) is 11.5 Å². The fourth-order valence-electron chi connectivity index (χ4n) is 1.83. The predicted octanol–water partition coefficient (Wildman–Crippen LogP) is 1.83. The Bertz CT molecular complexity index is 436. The molecule has 1 aromatic carbocycles. The zero-order valence-electron chi connectivity index (χ0n) is 10.8. The normalized spacial score (nSPS) is 16.6. The lowest BCUT2D eigenvalue weighted by atomic mass is 10.1. The fourth-order valence-corrected chi connectivity index (χ4v) is 2.47. The van der Waals surface area contributed by atoms with E-state index >= 15 is 0 Å². The summed E-state index contributed by atoms with van der Waals surface area (Å²) in [6, 6.07) is 6.17. The van der Waals surface area contributed by atoms with Crippen LogP contribution >= 0.6 is 0 Å². The van der Waals surface area contributed by atoms with Crippen LogP contribution < -0.4 is 14.8 Å². The Balaban J connectivity index is 1.89. The number of nitrogens with one attached hydrogen (secondary N) is 1. The number of rotatable bonds is 6. The quantitative estimate of drug-likeness (QED) is 0.856. The lowest BCUT2D eigenvalue weighted by Gasteiger charge is -2.14. The molecule has 4 nitrogen and oxygen atoms in total. The lowest BCUT2D eigenvalue weighted by molar-refractivity contribution is 0.174. The third-order valence-corrected chi connectivity index (χ3v) is 4.30. The Labute approximate surface area is 110 Å². The second kappa shape index (κ2) is 6.20. The van der Waals surface area contributed by atoms with Crippen molar-refractivity contribution in [2.75, 3.05) is 24.8 Å². The summed E-state index contributed by atoms with van der Waals surface area (Å²) in [6.45, 7) is 5.09. The highest BCUT2D eigenvalue weighted by Gasteiger charge is 2.15. The molecule has 18 heavy (non-hydrogen) atoms. The van der Waals surface area contributed by atoms with Crippen LogP contribution in [0.1, 0.15) is 25.5 Å². The van der Waals surface area contributed by atoms with E-state index in [9.17, 15) is 4.21 Å². The Morgan fingerprint density at radius 3 is 2.94 bits per heavy atom. The maximum Gasteiger partial charge on any atom is 0.231 e. The highest BCUT2D eigenvalue weighted by molar-refractivity contribution is 7.84. The summed E-state index contributed by atoms with van der Waals surface area (Å²) in [4.78, 5) is 0. The molecule has 1 heterocycles. The third-order valence-electron chi connectivity index (χ3n) is 3.00. The average molecular weight is 269 g/mol. The van der Waals surface area contributed by atoms with Crippen LogP contribution in [-0.4, -0.2) is 29.1 Å². The van der Waals surface area contributed by atoms with E-state index in [0.29, 0.717) is 12.5 Å². The van der Waals surface area contributed by atoms with Gasteiger partial charge in [-0.15, -0.1) is 0 Å². The second-order valence-electron chi connectivity index (χ2n) is 4.22. The van der Waals surface area contributed by atoms with E-state index in [-0.39, 0.29) is 6.04 Å². The zero-order valence-corrected chi connectivity index (χ0v) is 11.6. The first-order valence-electron chi connectivity index (χ1n) is 6.18. The molecule has 2 atom stereocenters. The average Bonchev–Trinajstić information content (AvgIpc) is 2.85. The van der Waals surface area contributed by atoms with Crippen LogP contribution in [0.15, 0.2) is 18.2 Å². The van der Waals surface area contributed by atoms with E-state index in [1.807, 2.05) is 25.1 Å². The summed E-state index contributed by atoms with van der Waals surface area (Å²) in [5, 5.41) is 3.37. The van der Waals surface area contributed by atoms with Gasteiger partial charge in [0.1, 0.15) is 0 Å². The highest BCUT2D eigenvalue weighted by Crippen LogP contribution is 2.33. The Morgan fingerprint density at radius 1 is 1.39 bits per heavy atom. The van der Waals surface area contributed by atoms with Gasteiger partial charge in [-0.1, -0.05) is 13.0 Å². The molecule has 1 aromatic rings. The van der Waals surface area contributed by atoms with Crippen LogP contribution in [0.25, 0.3) is 0 Å². The van der Waals surface area contributed by atoms with E-state index < -0.39 is 10.8 Å². The summed E-state index contributed by atoms with van der Waals surface area (Å²) >= 11 is 0. The van der Waals surface area contributed by atoms with E-state index in [4.69, 9.17) is 9.47 Å². The van der Waals surface area contributed by atoms with Crippen LogP contribution in [0.3, 0.4) is 0 Å². The molecule has 0 amide bonds. The fraction of sp³-hybridized carbons (Fsp3) is 0.538. The van der Waals surface area contributed by atoms with Crippen molar-refractivity contribution in [2.24, 2.45) is 0 Å². The standard InChI is InChI=1S/C13H19NO3S/c1-3-18(15)7-6-14-10(2)11-4-5-12-13(8-11)17-9-16-12/h4-5,8,10,14H,3,6-7,9H2,1-2H3. The van der Waals surface area contributed by atoms with Gasteiger partial charge >= 0.3 is 0 Å². The van der Waals surface area contributed by atoms with Crippen LogP contribution in [0.4, 0.5) is 0 Å². The first-order chi connectivity index (χ1) is 8.70. The molecule has 2 unspecified atom stereocenters. The molecule has 0 saturated carbocycles. The number of fused-ring (bicyclic) bond motifs is 1. The van der Waals surface area contributed by atoms with Crippen molar-refractivity contribution < 1.29 is 13.7 Å². The predicted molar refractivity (Wildman–Crippen MR) is 72.5 cm³/mol. The van der Waals surface area contributed by atoms with Crippen LogP contribution in [0, 0.1) is 0 Å². The van der Waals surface area contributed by atoms with Gasteiger partial charge in [0.05, 0.1) is 0 Å². The van der Waals surface area contributed by atoms with E-state index in [1.54, 1.807) is 0 Å². The van der Waals surface area contributed by atoms with E-state index in [2.05, 4.69) is 12.2 Å². The largest absolute Gasteiger partial charge is 0.454 e. The zero-order chi connectivity index (χ0) is 13.0. The van der Waals surface area contributed by atoms with Gasteiger partial charge in [-0.3, -0.25) is 4.21 Å². The molecule has 1 aliphatic heterocycles. The van der Waals surface area contributed by atoms with E-state index in [0.717, 1.165) is 29.4 Å². The van der Waals surface area contributed by atoms with Gasteiger partial charge in [0.2, 0.25) is 6.79 Å². The molecule has 5 heteroatoms. The molecular formula is C13H19NO3S. The Morgan fingerprint density at radius 2 is 2.17 bits per heavy atom. The van der Waals surface area contributed by atoms with Crippen molar-refractivity contribution in [3.63, 3.8) is 0 Å². The molecule has 100 valence electrons. The SMILES string of the molecule is CCS(=O)CCNC(C)c1ccc2c(c1)OCO2.